The lowest BCUT2D eigenvalue weighted by atomic mass is 10.00. The van der Waals surface area contributed by atoms with E-state index in [2.05, 4.69) is 31.8 Å². The molecule has 3 heteroatoms. The molecule has 0 saturated carbocycles. The normalized spacial score (nSPS) is 12.0. The Morgan fingerprint density at radius 2 is 1.95 bits per heavy atom. The molecule has 0 aliphatic rings. The van der Waals surface area contributed by atoms with E-state index in [9.17, 15) is 0 Å². The molecular formula is C16H25NO2. The van der Waals surface area contributed by atoms with E-state index in [1.54, 1.807) is 14.2 Å². The van der Waals surface area contributed by atoms with Gasteiger partial charge in [-0.15, -0.1) is 6.58 Å². The van der Waals surface area contributed by atoms with E-state index in [1.807, 2.05) is 12.1 Å². The second-order valence-corrected chi connectivity index (χ2v) is 4.81. The number of hydrogen-bond acceptors (Lipinski definition) is 3. The van der Waals surface area contributed by atoms with E-state index in [0.29, 0.717) is 6.04 Å². The number of nitrogens with one attached hydrogen (secondary N) is 1. The average Bonchev–Trinajstić information content (AvgIpc) is 2.38. The van der Waals surface area contributed by atoms with Gasteiger partial charge in [-0.1, -0.05) is 18.6 Å². The van der Waals surface area contributed by atoms with Crippen LogP contribution in [0, 0.1) is 0 Å². The van der Waals surface area contributed by atoms with Gasteiger partial charge in [0.1, 0.15) is 0 Å². The SMILES string of the molecule is C=C(C)CC(Cc1ccc(OC)c(OC)c1)NCC. The van der Waals surface area contributed by atoms with E-state index < -0.39 is 0 Å². The summed E-state index contributed by atoms with van der Waals surface area (Å²) in [5.74, 6) is 1.55. The highest BCUT2D eigenvalue weighted by Gasteiger charge is 2.11. The fourth-order valence-electron chi connectivity index (χ4n) is 2.22. The average molecular weight is 263 g/mol. The number of ether oxygens (including phenoxy) is 2. The zero-order valence-corrected chi connectivity index (χ0v) is 12.5. The number of rotatable bonds is 8. The van der Waals surface area contributed by atoms with Crippen LogP contribution in [0.15, 0.2) is 30.4 Å². The molecule has 1 N–H and O–H groups in total. The van der Waals surface area contributed by atoms with Crippen LogP contribution < -0.4 is 14.8 Å². The lowest BCUT2D eigenvalue weighted by Gasteiger charge is -2.19. The maximum atomic E-state index is 5.34. The predicted octanol–water partition coefficient (Wildman–Crippen LogP) is 3.19. The second kappa shape index (κ2) is 7.85. The van der Waals surface area contributed by atoms with E-state index in [-0.39, 0.29) is 0 Å². The summed E-state index contributed by atoms with van der Waals surface area (Å²) in [5.41, 5.74) is 2.44. The van der Waals surface area contributed by atoms with Gasteiger partial charge in [-0.2, -0.15) is 0 Å². The van der Waals surface area contributed by atoms with Crippen LogP contribution in [0.2, 0.25) is 0 Å². The molecule has 0 amide bonds. The minimum atomic E-state index is 0.417. The van der Waals surface area contributed by atoms with E-state index in [1.165, 1.54) is 11.1 Å². The van der Waals surface area contributed by atoms with Crippen molar-refractivity contribution < 1.29 is 9.47 Å². The molecule has 0 radical (unpaired) electrons. The van der Waals surface area contributed by atoms with Crippen molar-refractivity contribution in [1.29, 1.82) is 0 Å². The Hall–Kier alpha value is -1.48. The Labute approximate surface area is 116 Å². The van der Waals surface area contributed by atoms with E-state index in [4.69, 9.17) is 9.47 Å². The third-order valence-electron chi connectivity index (χ3n) is 3.02. The standard InChI is InChI=1S/C16H25NO2/c1-6-17-14(9-12(2)3)10-13-7-8-15(18-4)16(11-13)19-5/h7-8,11,14,17H,2,6,9-10H2,1,3-5H3. The molecule has 0 fully saturated rings. The van der Waals surface area contributed by atoms with Crippen molar-refractivity contribution in [2.45, 2.75) is 32.7 Å². The van der Waals surface area contributed by atoms with Crippen LogP contribution >= 0.6 is 0 Å². The molecule has 106 valence electrons. The fourth-order valence-corrected chi connectivity index (χ4v) is 2.22. The monoisotopic (exact) mass is 263 g/mol. The lowest BCUT2D eigenvalue weighted by Crippen LogP contribution is -2.31. The Kier molecular flexibility index (Phi) is 6.43. The third kappa shape index (κ3) is 4.95. The Morgan fingerprint density at radius 3 is 2.47 bits per heavy atom. The summed E-state index contributed by atoms with van der Waals surface area (Å²) in [4.78, 5) is 0. The van der Waals surface area contributed by atoms with Gasteiger partial charge in [-0.25, -0.2) is 0 Å². The van der Waals surface area contributed by atoms with E-state index >= 15 is 0 Å². The summed E-state index contributed by atoms with van der Waals surface area (Å²) < 4.78 is 10.6. The Bertz CT molecular complexity index is 415. The number of methoxy groups -OCH3 is 2. The van der Waals surface area contributed by atoms with Crippen molar-refractivity contribution in [3.8, 4) is 11.5 Å². The molecule has 0 saturated heterocycles. The zero-order valence-electron chi connectivity index (χ0n) is 12.5. The summed E-state index contributed by atoms with van der Waals surface area (Å²) in [6, 6.07) is 6.50. The molecular weight excluding hydrogens is 238 g/mol. The first-order valence-corrected chi connectivity index (χ1v) is 6.69. The van der Waals surface area contributed by atoms with Gasteiger partial charge < -0.3 is 14.8 Å². The van der Waals surface area contributed by atoms with Crippen molar-refractivity contribution in [2.75, 3.05) is 20.8 Å². The summed E-state index contributed by atoms with van der Waals surface area (Å²) in [7, 11) is 3.32. The minimum Gasteiger partial charge on any atom is -0.493 e. The minimum absolute atomic E-state index is 0.417. The van der Waals surface area contributed by atoms with Gasteiger partial charge in [-0.05, 0) is 44.0 Å². The summed E-state index contributed by atoms with van der Waals surface area (Å²) in [6.45, 7) is 9.15. The van der Waals surface area contributed by atoms with Crippen molar-refractivity contribution in [3.05, 3.63) is 35.9 Å². The number of likely N-dealkylation sites (N-methyl/N-ethyl adjacent to an activating group) is 1. The first kappa shape index (κ1) is 15.6. The van der Waals surface area contributed by atoms with Crippen LogP contribution in [-0.4, -0.2) is 26.8 Å². The zero-order chi connectivity index (χ0) is 14.3. The van der Waals surface area contributed by atoms with Crippen LogP contribution in [0.25, 0.3) is 0 Å². The topological polar surface area (TPSA) is 30.5 Å². The highest BCUT2D eigenvalue weighted by molar-refractivity contribution is 5.43. The molecule has 0 spiro atoms. The van der Waals surface area contributed by atoms with Crippen LogP contribution in [0.1, 0.15) is 25.8 Å². The smallest absolute Gasteiger partial charge is 0.160 e. The van der Waals surface area contributed by atoms with Gasteiger partial charge in [-0.3, -0.25) is 0 Å². The highest BCUT2D eigenvalue weighted by Crippen LogP contribution is 2.28. The molecule has 3 nitrogen and oxygen atoms in total. The predicted molar refractivity (Wildman–Crippen MR) is 80.1 cm³/mol. The van der Waals surface area contributed by atoms with Crippen LogP contribution in [0.4, 0.5) is 0 Å². The Balaban J connectivity index is 2.80. The Morgan fingerprint density at radius 1 is 1.26 bits per heavy atom. The lowest BCUT2D eigenvalue weighted by molar-refractivity contribution is 0.354. The molecule has 0 aromatic heterocycles. The molecule has 0 bridgehead atoms. The van der Waals surface area contributed by atoms with Crippen molar-refractivity contribution in [1.82, 2.24) is 5.32 Å². The molecule has 1 rings (SSSR count). The fraction of sp³-hybridized carbons (Fsp3) is 0.500. The van der Waals surface area contributed by atoms with Gasteiger partial charge in [0.05, 0.1) is 14.2 Å². The van der Waals surface area contributed by atoms with Gasteiger partial charge in [0.25, 0.3) is 0 Å². The van der Waals surface area contributed by atoms with Crippen LogP contribution in [0.5, 0.6) is 11.5 Å². The molecule has 0 aliphatic carbocycles. The quantitative estimate of drug-likeness (QED) is 0.731. The molecule has 19 heavy (non-hydrogen) atoms. The second-order valence-electron chi connectivity index (χ2n) is 4.81. The van der Waals surface area contributed by atoms with Crippen LogP contribution in [-0.2, 0) is 6.42 Å². The largest absolute Gasteiger partial charge is 0.493 e. The molecule has 1 aromatic carbocycles. The first-order valence-electron chi connectivity index (χ1n) is 6.69. The summed E-state index contributed by atoms with van der Waals surface area (Å²) >= 11 is 0. The molecule has 1 unspecified atom stereocenters. The maximum absolute atomic E-state index is 5.34. The third-order valence-corrected chi connectivity index (χ3v) is 3.02. The van der Waals surface area contributed by atoms with Gasteiger partial charge in [0.2, 0.25) is 0 Å². The van der Waals surface area contributed by atoms with Gasteiger partial charge >= 0.3 is 0 Å². The highest BCUT2D eigenvalue weighted by atomic mass is 16.5. The molecule has 0 heterocycles. The van der Waals surface area contributed by atoms with Crippen LogP contribution in [0.3, 0.4) is 0 Å². The van der Waals surface area contributed by atoms with E-state index in [0.717, 1.165) is 30.9 Å². The van der Waals surface area contributed by atoms with Gasteiger partial charge in [0.15, 0.2) is 11.5 Å². The number of hydrogen-bond donors (Lipinski definition) is 1. The molecule has 0 aliphatic heterocycles. The summed E-state index contributed by atoms with van der Waals surface area (Å²) in [5, 5.41) is 3.50. The van der Waals surface area contributed by atoms with Gasteiger partial charge in [0, 0.05) is 6.04 Å². The van der Waals surface area contributed by atoms with Crippen molar-refractivity contribution in [3.63, 3.8) is 0 Å². The molecule has 1 atom stereocenters. The van der Waals surface area contributed by atoms with Crippen molar-refractivity contribution in [2.24, 2.45) is 0 Å². The van der Waals surface area contributed by atoms with Crippen molar-refractivity contribution >= 4 is 0 Å². The maximum Gasteiger partial charge on any atom is 0.160 e. The number of benzene rings is 1. The first-order chi connectivity index (χ1) is 9.10. The molecule has 1 aromatic rings. The summed E-state index contributed by atoms with van der Waals surface area (Å²) in [6.07, 6.45) is 1.95.